The first kappa shape index (κ1) is 15.0. The van der Waals surface area contributed by atoms with Crippen LogP contribution in [0, 0.1) is 16.7 Å². The van der Waals surface area contributed by atoms with Crippen molar-refractivity contribution in [1.82, 2.24) is 14.8 Å². The smallest absolute Gasteiger partial charge is 0.181 e. The van der Waals surface area contributed by atoms with E-state index < -0.39 is 0 Å². The Bertz CT molecular complexity index is 619. The molecule has 0 spiro atoms. The van der Waals surface area contributed by atoms with Crippen LogP contribution in [-0.2, 0) is 6.54 Å². The third-order valence-corrected chi connectivity index (χ3v) is 3.45. The Morgan fingerprint density at radius 3 is 2.62 bits per heavy atom. The van der Waals surface area contributed by atoms with Gasteiger partial charge in [0, 0.05) is 17.8 Å². The lowest BCUT2D eigenvalue weighted by Crippen LogP contribution is -2.08. The number of unbranched alkanes of at least 4 members (excludes halogenated alkanes) is 1. The van der Waals surface area contributed by atoms with Crippen LogP contribution in [-0.4, -0.2) is 14.8 Å². The van der Waals surface area contributed by atoms with Crippen molar-refractivity contribution < 1.29 is 0 Å². The number of anilines is 1. The highest BCUT2D eigenvalue weighted by atomic mass is 15.3. The molecule has 0 amide bonds. The molecule has 1 heterocycles. The zero-order valence-corrected chi connectivity index (χ0v) is 12.6. The molecule has 0 aliphatic rings. The number of nitrogens with two attached hydrogens (primary N) is 1. The molecule has 0 saturated heterocycles. The van der Waals surface area contributed by atoms with Gasteiger partial charge in [-0.25, -0.2) is 4.98 Å². The van der Waals surface area contributed by atoms with E-state index in [1.807, 2.05) is 42.8 Å². The number of benzene rings is 1. The highest BCUT2D eigenvalue weighted by Gasteiger charge is 2.15. The molecule has 0 saturated carbocycles. The van der Waals surface area contributed by atoms with Gasteiger partial charge in [0.1, 0.15) is 6.33 Å². The van der Waals surface area contributed by atoms with Gasteiger partial charge in [-0.3, -0.25) is 4.68 Å². The summed E-state index contributed by atoms with van der Waals surface area (Å²) in [7, 11) is 0. The van der Waals surface area contributed by atoms with Crippen LogP contribution in [0.3, 0.4) is 0 Å². The van der Waals surface area contributed by atoms with E-state index in [0.29, 0.717) is 5.82 Å². The van der Waals surface area contributed by atoms with Crippen molar-refractivity contribution >= 4 is 5.69 Å². The largest absolute Gasteiger partial charge is 0.399 e. The number of aromatic nitrogens is 3. The fraction of sp³-hybridized carbons (Fsp3) is 0.438. The van der Waals surface area contributed by atoms with E-state index >= 15 is 0 Å². The first-order chi connectivity index (χ1) is 10.00. The molecule has 0 radical (unpaired) electrons. The van der Waals surface area contributed by atoms with Gasteiger partial charge in [-0.2, -0.15) is 10.4 Å². The molecule has 0 fully saturated rings. The normalized spacial score (nSPS) is 11.3. The summed E-state index contributed by atoms with van der Waals surface area (Å²) in [5, 5.41) is 13.4. The van der Waals surface area contributed by atoms with Crippen molar-refractivity contribution in [3.05, 3.63) is 30.6 Å². The molecule has 0 aliphatic carbocycles. The number of nitrogen functional groups attached to an aromatic ring is 1. The molecule has 2 aromatic rings. The maximum absolute atomic E-state index is 8.97. The van der Waals surface area contributed by atoms with Gasteiger partial charge < -0.3 is 5.73 Å². The zero-order valence-electron chi connectivity index (χ0n) is 12.6. The third-order valence-electron chi connectivity index (χ3n) is 3.45. The molecule has 0 unspecified atom stereocenters. The molecule has 5 heteroatoms. The Kier molecular flexibility index (Phi) is 4.59. The van der Waals surface area contributed by atoms with Crippen molar-refractivity contribution in [2.45, 2.75) is 39.7 Å². The molecule has 2 N–H and O–H groups in total. The van der Waals surface area contributed by atoms with Crippen LogP contribution >= 0.6 is 0 Å². The SMILES string of the molecule is CC(C)(C#N)CCCCn1cnc(-c2ccc(N)cc2)n1. The summed E-state index contributed by atoms with van der Waals surface area (Å²) in [6, 6.07) is 9.86. The summed E-state index contributed by atoms with van der Waals surface area (Å²) in [6.45, 7) is 4.77. The van der Waals surface area contributed by atoms with E-state index in [1.54, 1.807) is 6.33 Å². The molecular weight excluding hydrogens is 262 g/mol. The van der Waals surface area contributed by atoms with Gasteiger partial charge in [0.15, 0.2) is 5.82 Å². The molecule has 21 heavy (non-hydrogen) atoms. The Hall–Kier alpha value is -2.35. The van der Waals surface area contributed by atoms with Crippen molar-refractivity contribution in [2.24, 2.45) is 5.41 Å². The van der Waals surface area contributed by atoms with E-state index in [9.17, 15) is 0 Å². The van der Waals surface area contributed by atoms with E-state index in [1.165, 1.54) is 0 Å². The molecule has 1 aromatic heterocycles. The second-order valence-electron chi connectivity index (χ2n) is 5.91. The maximum Gasteiger partial charge on any atom is 0.181 e. The maximum atomic E-state index is 8.97. The summed E-state index contributed by atoms with van der Waals surface area (Å²) >= 11 is 0. The van der Waals surface area contributed by atoms with Crippen molar-refractivity contribution in [2.75, 3.05) is 5.73 Å². The van der Waals surface area contributed by atoms with Gasteiger partial charge in [0.2, 0.25) is 0 Å². The molecule has 0 bridgehead atoms. The lowest BCUT2D eigenvalue weighted by molar-refractivity contribution is 0.412. The number of nitriles is 1. The van der Waals surface area contributed by atoms with Crippen LogP contribution < -0.4 is 5.73 Å². The van der Waals surface area contributed by atoms with Crippen LogP contribution in [0.2, 0.25) is 0 Å². The minimum atomic E-state index is -0.239. The summed E-state index contributed by atoms with van der Waals surface area (Å²) in [6.07, 6.45) is 4.66. The number of rotatable bonds is 6. The van der Waals surface area contributed by atoms with Gasteiger partial charge in [-0.05, 0) is 51.0 Å². The summed E-state index contributed by atoms with van der Waals surface area (Å²) in [5.74, 6) is 0.715. The van der Waals surface area contributed by atoms with Gasteiger partial charge in [-0.15, -0.1) is 0 Å². The summed E-state index contributed by atoms with van der Waals surface area (Å²) in [5.41, 5.74) is 7.13. The number of hydrogen-bond donors (Lipinski definition) is 1. The second kappa shape index (κ2) is 6.40. The minimum absolute atomic E-state index is 0.239. The van der Waals surface area contributed by atoms with Crippen molar-refractivity contribution in [1.29, 1.82) is 5.26 Å². The van der Waals surface area contributed by atoms with E-state index in [0.717, 1.165) is 37.1 Å². The molecule has 110 valence electrons. The summed E-state index contributed by atoms with van der Waals surface area (Å²) in [4.78, 5) is 4.32. The van der Waals surface area contributed by atoms with Gasteiger partial charge in [0.05, 0.1) is 11.5 Å². The molecule has 0 aliphatic heterocycles. The topological polar surface area (TPSA) is 80.5 Å². The third kappa shape index (κ3) is 4.32. The van der Waals surface area contributed by atoms with Crippen LogP contribution in [0.15, 0.2) is 30.6 Å². The molecule has 5 nitrogen and oxygen atoms in total. The standard InChI is InChI=1S/C16H21N5/c1-16(2,11-17)9-3-4-10-21-12-19-15(20-21)13-5-7-14(18)8-6-13/h5-8,12H,3-4,9-10,18H2,1-2H3. The van der Waals surface area contributed by atoms with Gasteiger partial charge in [0.25, 0.3) is 0 Å². The highest BCUT2D eigenvalue weighted by Crippen LogP contribution is 2.22. The molecule has 0 atom stereocenters. The predicted octanol–water partition coefficient (Wildman–Crippen LogP) is 3.25. The van der Waals surface area contributed by atoms with E-state index in [-0.39, 0.29) is 5.41 Å². The average molecular weight is 283 g/mol. The number of aryl methyl sites for hydroxylation is 1. The Morgan fingerprint density at radius 2 is 1.95 bits per heavy atom. The first-order valence-corrected chi connectivity index (χ1v) is 7.17. The average Bonchev–Trinajstić information content (AvgIpc) is 2.93. The summed E-state index contributed by atoms with van der Waals surface area (Å²) < 4.78 is 1.85. The lowest BCUT2D eigenvalue weighted by Gasteiger charge is -2.13. The van der Waals surface area contributed by atoms with Gasteiger partial charge >= 0.3 is 0 Å². The Labute approximate surface area is 125 Å². The van der Waals surface area contributed by atoms with Crippen molar-refractivity contribution in [3.63, 3.8) is 0 Å². The fourth-order valence-electron chi connectivity index (χ4n) is 2.06. The minimum Gasteiger partial charge on any atom is -0.399 e. The molecule has 1 aromatic carbocycles. The molecular formula is C16H21N5. The van der Waals surface area contributed by atoms with Crippen molar-refractivity contribution in [3.8, 4) is 17.5 Å². The van der Waals surface area contributed by atoms with Gasteiger partial charge in [-0.1, -0.05) is 6.42 Å². The molecule has 2 rings (SSSR count). The van der Waals surface area contributed by atoms with E-state index in [2.05, 4.69) is 16.2 Å². The predicted molar refractivity (Wildman–Crippen MR) is 83.1 cm³/mol. The zero-order chi connectivity index (χ0) is 15.3. The first-order valence-electron chi connectivity index (χ1n) is 7.17. The Morgan fingerprint density at radius 1 is 1.24 bits per heavy atom. The van der Waals surface area contributed by atoms with Crippen LogP contribution in [0.5, 0.6) is 0 Å². The number of nitrogens with zero attached hydrogens (tertiary/aromatic N) is 4. The number of hydrogen-bond acceptors (Lipinski definition) is 4. The van der Waals surface area contributed by atoms with E-state index in [4.69, 9.17) is 11.0 Å². The second-order valence-corrected chi connectivity index (χ2v) is 5.91. The Balaban J connectivity index is 1.86. The van der Waals surface area contributed by atoms with Crippen LogP contribution in [0.1, 0.15) is 33.1 Å². The highest BCUT2D eigenvalue weighted by molar-refractivity contribution is 5.57. The van der Waals surface area contributed by atoms with Crippen LogP contribution in [0.25, 0.3) is 11.4 Å². The van der Waals surface area contributed by atoms with Crippen LogP contribution in [0.4, 0.5) is 5.69 Å². The monoisotopic (exact) mass is 283 g/mol. The fourth-order valence-corrected chi connectivity index (χ4v) is 2.06. The quantitative estimate of drug-likeness (QED) is 0.652. The lowest BCUT2D eigenvalue weighted by atomic mass is 9.89.